The van der Waals surface area contributed by atoms with E-state index in [-0.39, 0.29) is 18.4 Å². The van der Waals surface area contributed by atoms with Gasteiger partial charge in [0.2, 0.25) is 0 Å². The predicted molar refractivity (Wildman–Crippen MR) is 108 cm³/mol. The second-order valence-corrected chi connectivity index (χ2v) is 7.46. The number of alkyl halides is 3. The summed E-state index contributed by atoms with van der Waals surface area (Å²) in [5, 5.41) is 11.3. The summed E-state index contributed by atoms with van der Waals surface area (Å²) in [6.45, 7) is 0.492. The maximum Gasteiger partial charge on any atom is 0.416 e. The first kappa shape index (κ1) is 21.1. The Morgan fingerprint density at radius 2 is 1.85 bits per heavy atom. The van der Waals surface area contributed by atoms with E-state index in [1.165, 1.54) is 6.07 Å². The van der Waals surface area contributed by atoms with Crippen LogP contribution >= 0.6 is 44.3 Å². The zero-order valence-electron chi connectivity index (χ0n) is 13.3. The lowest BCUT2D eigenvalue weighted by Crippen LogP contribution is -2.39. The first-order valence-electron chi connectivity index (χ1n) is 7.54. The van der Waals surface area contributed by atoms with Crippen molar-refractivity contribution < 1.29 is 13.2 Å². The lowest BCUT2D eigenvalue weighted by Gasteiger charge is -2.32. The zero-order chi connectivity index (χ0) is 18.2. The van der Waals surface area contributed by atoms with Crippen molar-refractivity contribution in [2.45, 2.75) is 19.0 Å². The van der Waals surface area contributed by atoms with Crippen LogP contribution < -0.4 is 10.2 Å². The van der Waals surface area contributed by atoms with Gasteiger partial charge in [-0.25, -0.2) is 0 Å². The van der Waals surface area contributed by atoms with E-state index < -0.39 is 11.7 Å². The summed E-state index contributed by atoms with van der Waals surface area (Å²) in [6.07, 6.45) is -2.92. The van der Waals surface area contributed by atoms with Gasteiger partial charge in [-0.2, -0.15) is 13.2 Å². The van der Waals surface area contributed by atoms with Gasteiger partial charge in [0.1, 0.15) is 0 Å². The highest BCUT2D eigenvalue weighted by Crippen LogP contribution is 2.36. The molecule has 1 aliphatic rings. The minimum atomic E-state index is -4.40. The van der Waals surface area contributed by atoms with Crippen molar-refractivity contribution in [2.24, 2.45) is 0 Å². The number of guanidine groups is 1. The third-order valence-corrected chi connectivity index (χ3v) is 5.17. The molecule has 2 N–H and O–H groups in total. The van der Waals surface area contributed by atoms with Crippen LogP contribution in [-0.4, -0.2) is 12.5 Å². The third-order valence-electron chi connectivity index (χ3n) is 3.98. The van der Waals surface area contributed by atoms with E-state index in [0.717, 1.165) is 33.1 Å². The summed E-state index contributed by atoms with van der Waals surface area (Å²) in [5.41, 5.74) is 1.22. The second kappa shape index (κ2) is 8.19. The van der Waals surface area contributed by atoms with Crippen molar-refractivity contribution in [3.63, 3.8) is 0 Å². The number of fused-ring (bicyclic) bond motifs is 1. The molecule has 2 aromatic rings. The molecule has 3 nitrogen and oxygen atoms in total. The summed E-state index contributed by atoms with van der Waals surface area (Å²) < 4.78 is 40.7. The second-order valence-electron chi connectivity index (χ2n) is 5.69. The minimum absolute atomic E-state index is 0. The topological polar surface area (TPSA) is 39.1 Å². The highest BCUT2D eigenvalue weighted by molar-refractivity contribution is 9.11. The standard InChI is InChI=1S/C17H14Br2F3N3.ClH/c18-12-5-6-13(19)14(9-12)24-16(23)25-7-1-2-10-3-4-11(8-15(10)25)17(20,21)22;/h3-6,8-9H,1-2,7H2,(H2,23,24);1H. The molecule has 0 bridgehead atoms. The number of hydrogen-bond acceptors (Lipinski definition) is 1. The van der Waals surface area contributed by atoms with Crippen LogP contribution in [0.4, 0.5) is 24.5 Å². The summed E-state index contributed by atoms with van der Waals surface area (Å²) in [4.78, 5) is 1.58. The molecule has 0 fully saturated rings. The zero-order valence-corrected chi connectivity index (χ0v) is 17.3. The van der Waals surface area contributed by atoms with Crippen LogP contribution in [0.25, 0.3) is 0 Å². The summed E-state index contributed by atoms with van der Waals surface area (Å²) in [7, 11) is 0. The van der Waals surface area contributed by atoms with Crippen LogP contribution in [0.2, 0.25) is 0 Å². The van der Waals surface area contributed by atoms with E-state index in [0.29, 0.717) is 24.3 Å². The maximum atomic E-state index is 13.0. The van der Waals surface area contributed by atoms with Gasteiger partial charge in [-0.3, -0.25) is 5.41 Å². The fourth-order valence-corrected chi connectivity index (χ4v) is 3.48. The number of anilines is 2. The average Bonchev–Trinajstić information content (AvgIpc) is 2.56. The van der Waals surface area contributed by atoms with Crippen molar-refractivity contribution in [3.8, 4) is 0 Å². The molecule has 0 amide bonds. The molecule has 2 aromatic carbocycles. The molecule has 1 aliphatic heterocycles. The number of hydrogen-bond donors (Lipinski definition) is 2. The molecule has 0 aromatic heterocycles. The fraction of sp³-hybridized carbons (Fsp3) is 0.235. The Morgan fingerprint density at radius 1 is 1.12 bits per heavy atom. The molecule has 0 spiro atoms. The van der Waals surface area contributed by atoms with E-state index in [9.17, 15) is 13.2 Å². The highest BCUT2D eigenvalue weighted by atomic mass is 79.9. The van der Waals surface area contributed by atoms with Gasteiger partial charge in [0, 0.05) is 21.2 Å². The SMILES string of the molecule is Cl.N=C(Nc1cc(Br)ccc1Br)N1CCCc2ccc(C(F)(F)F)cc21. The number of benzene rings is 2. The van der Waals surface area contributed by atoms with Gasteiger partial charge in [0.15, 0.2) is 5.96 Å². The average molecular weight is 514 g/mol. The van der Waals surface area contributed by atoms with E-state index in [1.54, 1.807) is 11.0 Å². The Bertz CT molecular complexity index is 827. The van der Waals surface area contributed by atoms with E-state index >= 15 is 0 Å². The Balaban J connectivity index is 0.00000243. The summed E-state index contributed by atoms with van der Waals surface area (Å²) >= 11 is 6.77. The Kier molecular flexibility index (Phi) is 6.63. The first-order chi connectivity index (χ1) is 11.8. The molecule has 9 heteroatoms. The smallest absolute Gasteiger partial charge is 0.325 e. The molecule has 0 saturated heterocycles. The highest BCUT2D eigenvalue weighted by Gasteiger charge is 2.32. The third kappa shape index (κ3) is 4.53. The van der Waals surface area contributed by atoms with Crippen molar-refractivity contribution >= 4 is 61.6 Å². The molecule has 0 atom stereocenters. The lowest BCUT2D eigenvalue weighted by molar-refractivity contribution is -0.137. The quantitative estimate of drug-likeness (QED) is 0.340. The van der Waals surface area contributed by atoms with Crippen molar-refractivity contribution in [2.75, 3.05) is 16.8 Å². The molecule has 140 valence electrons. The normalized spacial score (nSPS) is 13.7. The number of nitrogens with one attached hydrogen (secondary N) is 2. The summed E-state index contributed by atoms with van der Waals surface area (Å²) in [6, 6.07) is 9.21. The minimum Gasteiger partial charge on any atom is -0.325 e. The largest absolute Gasteiger partial charge is 0.416 e. The monoisotopic (exact) mass is 511 g/mol. The van der Waals surface area contributed by atoms with Gasteiger partial charge < -0.3 is 10.2 Å². The van der Waals surface area contributed by atoms with Crippen molar-refractivity contribution in [3.05, 3.63) is 56.5 Å². The van der Waals surface area contributed by atoms with Crippen LogP contribution in [0.15, 0.2) is 45.3 Å². The van der Waals surface area contributed by atoms with E-state index in [2.05, 4.69) is 37.2 Å². The van der Waals surface area contributed by atoms with Crippen LogP contribution in [0.1, 0.15) is 17.5 Å². The predicted octanol–water partition coefficient (Wildman–Crippen LogP) is 6.45. The molecular weight excluding hydrogens is 498 g/mol. The van der Waals surface area contributed by atoms with Crippen LogP contribution in [0.3, 0.4) is 0 Å². The molecule has 1 heterocycles. The van der Waals surface area contributed by atoms with Crippen molar-refractivity contribution in [1.82, 2.24) is 0 Å². The fourth-order valence-electron chi connectivity index (χ4n) is 2.77. The van der Waals surface area contributed by atoms with Gasteiger partial charge >= 0.3 is 6.18 Å². The molecule has 0 saturated carbocycles. The molecule has 26 heavy (non-hydrogen) atoms. The number of nitrogens with zero attached hydrogens (tertiary/aromatic N) is 1. The Labute approximate surface area is 172 Å². The molecule has 3 rings (SSSR count). The number of halogens is 6. The first-order valence-corrected chi connectivity index (χ1v) is 9.12. The Morgan fingerprint density at radius 3 is 2.54 bits per heavy atom. The van der Waals surface area contributed by atoms with E-state index in [4.69, 9.17) is 5.41 Å². The van der Waals surface area contributed by atoms with E-state index in [1.807, 2.05) is 12.1 Å². The lowest BCUT2D eigenvalue weighted by atomic mass is 9.99. The summed E-state index contributed by atoms with van der Waals surface area (Å²) in [5.74, 6) is 0.0408. The van der Waals surface area contributed by atoms with Crippen LogP contribution in [-0.2, 0) is 12.6 Å². The van der Waals surface area contributed by atoms with Crippen LogP contribution in [0, 0.1) is 5.41 Å². The molecule has 0 unspecified atom stereocenters. The van der Waals surface area contributed by atoms with Gasteiger partial charge in [0.05, 0.1) is 11.3 Å². The van der Waals surface area contributed by atoms with Crippen LogP contribution in [0.5, 0.6) is 0 Å². The Hall–Kier alpha value is -1.25. The molecule has 0 aliphatic carbocycles. The number of aryl methyl sites for hydroxylation is 1. The van der Waals surface area contributed by atoms with Crippen molar-refractivity contribution in [1.29, 1.82) is 5.41 Å². The van der Waals surface area contributed by atoms with Gasteiger partial charge in [-0.1, -0.05) is 22.0 Å². The number of rotatable bonds is 1. The molecular formula is C17H15Br2ClF3N3. The van der Waals surface area contributed by atoms with Gasteiger partial charge in [-0.05, 0) is 64.7 Å². The van der Waals surface area contributed by atoms with Gasteiger partial charge in [0.25, 0.3) is 0 Å². The molecule has 0 radical (unpaired) electrons. The maximum absolute atomic E-state index is 13.0. The van der Waals surface area contributed by atoms with Gasteiger partial charge in [-0.15, -0.1) is 12.4 Å².